The molecule has 1 aromatic heterocycles. The van der Waals surface area contributed by atoms with Crippen molar-refractivity contribution in [2.75, 3.05) is 30.4 Å². The minimum absolute atomic E-state index is 0.684. The normalized spacial score (nSPS) is 14.7. The molecule has 0 amide bonds. The van der Waals surface area contributed by atoms with Gasteiger partial charge < -0.3 is 15.0 Å². The first-order valence-electron chi connectivity index (χ1n) is 7.86. The molecule has 1 fully saturated rings. The predicted octanol–water partition coefficient (Wildman–Crippen LogP) is 4.18. The molecule has 1 aliphatic rings. The molecule has 3 rings (SSSR count). The molecule has 0 aliphatic carbocycles. The van der Waals surface area contributed by atoms with Crippen LogP contribution in [0.5, 0.6) is 5.75 Å². The van der Waals surface area contributed by atoms with E-state index in [1.807, 2.05) is 25.1 Å². The van der Waals surface area contributed by atoms with Crippen LogP contribution in [0.3, 0.4) is 0 Å². The van der Waals surface area contributed by atoms with E-state index < -0.39 is 0 Å². The zero-order valence-corrected chi connectivity index (χ0v) is 14.2. The zero-order chi connectivity index (χ0) is 16.2. The fourth-order valence-electron chi connectivity index (χ4n) is 2.73. The number of rotatable bonds is 4. The van der Waals surface area contributed by atoms with Crippen LogP contribution in [0, 0.1) is 6.92 Å². The van der Waals surface area contributed by atoms with Gasteiger partial charge in [0.1, 0.15) is 11.6 Å². The lowest BCUT2D eigenvalue weighted by Gasteiger charge is -2.26. The Bertz CT molecular complexity index is 686. The summed E-state index contributed by atoms with van der Waals surface area (Å²) in [5.74, 6) is 2.22. The van der Waals surface area contributed by atoms with Gasteiger partial charge in [0.05, 0.1) is 12.8 Å². The summed E-state index contributed by atoms with van der Waals surface area (Å²) < 4.78 is 5.40. The molecule has 5 nitrogen and oxygen atoms in total. The Morgan fingerprint density at radius 3 is 2.74 bits per heavy atom. The molecule has 1 saturated heterocycles. The van der Waals surface area contributed by atoms with E-state index in [1.54, 1.807) is 13.3 Å². The van der Waals surface area contributed by atoms with Gasteiger partial charge in [-0.3, -0.25) is 0 Å². The second-order valence-corrected chi connectivity index (χ2v) is 6.12. The van der Waals surface area contributed by atoms with Crippen molar-refractivity contribution in [2.45, 2.75) is 26.2 Å². The third kappa shape index (κ3) is 3.67. The van der Waals surface area contributed by atoms with Crippen LogP contribution in [-0.4, -0.2) is 30.2 Å². The summed E-state index contributed by atoms with van der Waals surface area (Å²) in [5, 5.41) is 3.99. The number of nitrogens with zero attached hydrogens (tertiary/aromatic N) is 3. The van der Waals surface area contributed by atoms with Crippen molar-refractivity contribution in [1.29, 1.82) is 0 Å². The van der Waals surface area contributed by atoms with Crippen LogP contribution in [0.1, 0.15) is 24.8 Å². The van der Waals surface area contributed by atoms with E-state index in [4.69, 9.17) is 16.3 Å². The van der Waals surface area contributed by atoms with Gasteiger partial charge in [-0.2, -0.15) is 4.98 Å². The third-order valence-electron chi connectivity index (χ3n) is 4.03. The monoisotopic (exact) mass is 332 g/mol. The van der Waals surface area contributed by atoms with Gasteiger partial charge >= 0.3 is 0 Å². The number of benzene rings is 1. The molecule has 0 unspecified atom stereocenters. The molecule has 0 radical (unpaired) electrons. The summed E-state index contributed by atoms with van der Waals surface area (Å²) in [6.45, 7) is 4.01. The van der Waals surface area contributed by atoms with Crippen LogP contribution < -0.4 is 15.0 Å². The zero-order valence-electron chi connectivity index (χ0n) is 13.5. The SMILES string of the molecule is COc1cc(Cl)c(C)cc1Nc1ccnc(N2CCCCC2)n1. The summed E-state index contributed by atoms with van der Waals surface area (Å²) in [4.78, 5) is 11.3. The van der Waals surface area contributed by atoms with Gasteiger partial charge in [0.25, 0.3) is 0 Å². The average Bonchev–Trinajstić information content (AvgIpc) is 2.59. The first kappa shape index (κ1) is 15.9. The van der Waals surface area contributed by atoms with Crippen LogP contribution >= 0.6 is 11.6 Å². The molecule has 6 heteroatoms. The highest BCUT2D eigenvalue weighted by Gasteiger charge is 2.14. The van der Waals surface area contributed by atoms with E-state index >= 15 is 0 Å². The van der Waals surface area contributed by atoms with Gasteiger partial charge in [0, 0.05) is 30.4 Å². The maximum absolute atomic E-state index is 6.15. The Labute approximate surface area is 141 Å². The van der Waals surface area contributed by atoms with E-state index in [0.717, 1.165) is 36.1 Å². The van der Waals surface area contributed by atoms with Gasteiger partial charge in [0.15, 0.2) is 0 Å². The van der Waals surface area contributed by atoms with Crippen LogP contribution in [0.25, 0.3) is 0 Å². The summed E-state index contributed by atoms with van der Waals surface area (Å²) in [6, 6.07) is 5.63. The fourth-order valence-corrected chi connectivity index (χ4v) is 2.89. The van der Waals surface area contributed by atoms with E-state index in [1.165, 1.54) is 19.3 Å². The molecular formula is C17H21ClN4O. The maximum Gasteiger partial charge on any atom is 0.227 e. The number of aryl methyl sites for hydroxylation is 1. The van der Waals surface area contributed by atoms with Crippen molar-refractivity contribution < 1.29 is 4.74 Å². The number of hydrogen-bond acceptors (Lipinski definition) is 5. The number of anilines is 3. The Kier molecular flexibility index (Phi) is 4.86. The standard InChI is InChI=1S/C17H21ClN4O/c1-12-10-14(15(23-2)11-13(12)18)20-16-6-7-19-17(21-16)22-8-4-3-5-9-22/h6-7,10-11H,3-5,8-9H2,1-2H3,(H,19,20,21). The number of aromatic nitrogens is 2. The number of methoxy groups -OCH3 is 1. The molecule has 1 N–H and O–H groups in total. The highest BCUT2D eigenvalue weighted by Crippen LogP contribution is 2.32. The number of piperidine rings is 1. The van der Waals surface area contributed by atoms with Gasteiger partial charge in [0.2, 0.25) is 5.95 Å². The van der Waals surface area contributed by atoms with Crippen molar-refractivity contribution in [2.24, 2.45) is 0 Å². The second kappa shape index (κ2) is 7.04. The van der Waals surface area contributed by atoms with Gasteiger partial charge in [-0.1, -0.05) is 11.6 Å². The quantitative estimate of drug-likeness (QED) is 0.910. The highest BCUT2D eigenvalue weighted by atomic mass is 35.5. The van der Waals surface area contributed by atoms with Gasteiger partial charge in [-0.05, 0) is 43.9 Å². The number of ether oxygens (including phenoxy) is 1. The molecule has 0 bridgehead atoms. The van der Waals surface area contributed by atoms with Crippen molar-refractivity contribution in [3.05, 3.63) is 35.0 Å². The molecule has 2 aromatic rings. The number of hydrogen-bond donors (Lipinski definition) is 1. The molecule has 122 valence electrons. The molecule has 1 aromatic carbocycles. The van der Waals surface area contributed by atoms with E-state index in [0.29, 0.717) is 10.8 Å². The Balaban J connectivity index is 1.84. The lowest BCUT2D eigenvalue weighted by molar-refractivity contribution is 0.416. The molecule has 0 saturated carbocycles. The first-order valence-corrected chi connectivity index (χ1v) is 8.24. The topological polar surface area (TPSA) is 50.3 Å². The summed E-state index contributed by atoms with van der Waals surface area (Å²) in [7, 11) is 1.63. The minimum Gasteiger partial charge on any atom is -0.495 e. The van der Waals surface area contributed by atoms with Crippen molar-refractivity contribution in [1.82, 2.24) is 9.97 Å². The Morgan fingerprint density at radius 1 is 1.22 bits per heavy atom. The maximum atomic E-state index is 6.15. The highest BCUT2D eigenvalue weighted by molar-refractivity contribution is 6.31. The van der Waals surface area contributed by atoms with E-state index in [9.17, 15) is 0 Å². The largest absolute Gasteiger partial charge is 0.495 e. The molecule has 0 spiro atoms. The Morgan fingerprint density at radius 2 is 2.00 bits per heavy atom. The predicted molar refractivity (Wildman–Crippen MR) is 94.1 cm³/mol. The van der Waals surface area contributed by atoms with Crippen molar-refractivity contribution in [3.63, 3.8) is 0 Å². The first-order chi connectivity index (χ1) is 11.2. The molecule has 1 aliphatic heterocycles. The molecule has 0 atom stereocenters. The lowest BCUT2D eigenvalue weighted by atomic mass is 10.1. The van der Waals surface area contributed by atoms with Crippen molar-refractivity contribution in [3.8, 4) is 5.75 Å². The molecule has 23 heavy (non-hydrogen) atoms. The van der Waals surface area contributed by atoms with E-state index in [2.05, 4.69) is 20.2 Å². The van der Waals surface area contributed by atoms with Crippen molar-refractivity contribution >= 4 is 29.1 Å². The lowest BCUT2D eigenvalue weighted by Crippen LogP contribution is -2.31. The minimum atomic E-state index is 0.684. The van der Waals surface area contributed by atoms with Crippen LogP contribution in [0.2, 0.25) is 5.02 Å². The van der Waals surface area contributed by atoms with Crippen LogP contribution in [-0.2, 0) is 0 Å². The summed E-state index contributed by atoms with van der Waals surface area (Å²) >= 11 is 6.15. The van der Waals surface area contributed by atoms with Gasteiger partial charge in [-0.15, -0.1) is 0 Å². The number of halogens is 1. The van der Waals surface area contributed by atoms with Crippen LogP contribution in [0.4, 0.5) is 17.5 Å². The fraction of sp³-hybridized carbons (Fsp3) is 0.412. The van der Waals surface area contributed by atoms with E-state index in [-0.39, 0.29) is 0 Å². The van der Waals surface area contributed by atoms with Gasteiger partial charge in [-0.25, -0.2) is 4.98 Å². The third-order valence-corrected chi connectivity index (χ3v) is 4.43. The Hall–Kier alpha value is -2.01. The molecular weight excluding hydrogens is 312 g/mol. The summed E-state index contributed by atoms with van der Waals surface area (Å²) in [6.07, 6.45) is 5.47. The smallest absolute Gasteiger partial charge is 0.227 e. The van der Waals surface area contributed by atoms with Crippen LogP contribution in [0.15, 0.2) is 24.4 Å². The average molecular weight is 333 g/mol. The summed E-state index contributed by atoms with van der Waals surface area (Å²) in [5.41, 5.74) is 1.83. The second-order valence-electron chi connectivity index (χ2n) is 5.72. The number of nitrogens with one attached hydrogen (secondary N) is 1. The molecule has 2 heterocycles.